The van der Waals surface area contributed by atoms with E-state index in [1.807, 2.05) is 6.07 Å². The van der Waals surface area contributed by atoms with Gasteiger partial charge in [-0.25, -0.2) is 0 Å². The molecule has 0 spiro atoms. The highest BCUT2D eigenvalue weighted by atomic mass is 79.9. The standard InChI is InChI=1S/C14H20BrN3O2/c1-10-7-13(12(15)8-14(10)18(19)20)16-9-11-3-5-17(2)6-4-11/h7-8,11,16H,3-6,9H2,1-2H3. The Labute approximate surface area is 127 Å². The van der Waals surface area contributed by atoms with Crippen LogP contribution in [0.5, 0.6) is 0 Å². The van der Waals surface area contributed by atoms with Gasteiger partial charge in [0, 0.05) is 28.3 Å². The van der Waals surface area contributed by atoms with Gasteiger partial charge >= 0.3 is 0 Å². The van der Waals surface area contributed by atoms with Crippen LogP contribution in [0.4, 0.5) is 11.4 Å². The normalized spacial score (nSPS) is 17.1. The van der Waals surface area contributed by atoms with E-state index in [1.165, 1.54) is 12.8 Å². The lowest BCUT2D eigenvalue weighted by Crippen LogP contribution is -2.33. The van der Waals surface area contributed by atoms with E-state index >= 15 is 0 Å². The summed E-state index contributed by atoms with van der Waals surface area (Å²) in [6, 6.07) is 3.42. The topological polar surface area (TPSA) is 58.4 Å². The molecule has 0 bridgehead atoms. The molecule has 0 saturated carbocycles. The van der Waals surface area contributed by atoms with Crippen LogP contribution < -0.4 is 5.32 Å². The monoisotopic (exact) mass is 341 g/mol. The van der Waals surface area contributed by atoms with E-state index in [1.54, 1.807) is 13.0 Å². The van der Waals surface area contributed by atoms with Crippen LogP contribution in [0.15, 0.2) is 16.6 Å². The summed E-state index contributed by atoms with van der Waals surface area (Å²) in [6.45, 7) is 4.98. The molecule has 1 saturated heterocycles. The average Bonchev–Trinajstić information content (AvgIpc) is 2.41. The lowest BCUT2D eigenvalue weighted by atomic mass is 9.97. The molecule has 0 amide bonds. The maximum absolute atomic E-state index is 10.9. The smallest absolute Gasteiger partial charge is 0.273 e. The predicted molar refractivity (Wildman–Crippen MR) is 84.2 cm³/mol. The Morgan fingerprint density at radius 2 is 2.10 bits per heavy atom. The second kappa shape index (κ2) is 6.54. The molecule has 1 N–H and O–H groups in total. The Hall–Kier alpha value is -1.14. The first-order valence-electron chi connectivity index (χ1n) is 6.84. The van der Waals surface area contributed by atoms with Crippen LogP contribution >= 0.6 is 15.9 Å². The van der Waals surface area contributed by atoms with Gasteiger partial charge in [-0.3, -0.25) is 10.1 Å². The highest BCUT2D eigenvalue weighted by molar-refractivity contribution is 9.10. The van der Waals surface area contributed by atoms with Crippen molar-refractivity contribution in [3.8, 4) is 0 Å². The van der Waals surface area contributed by atoms with Gasteiger partial charge in [-0.15, -0.1) is 0 Å². The van der Waals surface area contributed by atoms with Crippen LogP contribution in [0.3, 0.4) is 0 Å². The minimum atomic E-state index is -0.346. The predicted octanol–water partition coefficient (Wildman–Crippen LogP) is 3.42. The summed E-state index contributed by atoms with van der Waals surface area (Å²) in [7, 11) is 2.15. The number of aryl methyl sites for hydroxylation is 1. The summed E-state index contributed by atoms with van der Waals surface area (Å²) in [5, 5.41) is 14.3. The highest BCUT2D eigenvalue weighted by Gasteiger charge is 2.18. The second-order valence-electron chi connectivity index (χ2n) is 5.50. The van der Waals surface area contributed by atoms with Crippen LogP contribution in [0, 0.1) is 23.0 Å². The van der Waals surface area contributed by atoms with E-state index in [0.717, 1.165) is 29.8 Å². The summed E-state index contributed by atoms with van der Waals surface area (Å²) in [5.41, 5.74) is 1.78. The zero-order chi connectivity index (χ0) is 14.7. The number of likely N-dealkylation sites (tertiary alicyclic amines) is 1. The summed E-state index contributed by atoms with van der Waals surface area (Å²) in [5.74, 6) is 0.675. The molecule has 0 unspecified atom stereocenters. The van der Waals surface area contributed by atoms with Gasteiger partial charge < -0.3 is 10.2 Å². The molecule has 1 fully saturated rings. The summed E-state index contributed by atoms with van der Waals surface area (Å²) < 4.78 is 0.753. The van der Waals surface area contributed by atoms with Gasteiger partial charge in [0.25, 0.3) is 5.69 Å². The number of halogens is 1. The fraction of sp³-hybridized carbons (Fsp3) is 0.571. The molecule has 5 nitrogen and oxygen atoms in total. The molecule has 1 heterocycles. The molecular formula is C14H20BrN3O2. The molecule has 0 aromatic heterocycles. The number of hydrogen-bond acceptors (Lipinski definition) is 4. The van der Waals surface area contributed by atoms with Gasteiger partial charge in [-0.1, -0.05) is 0 Å². The Morgan fingerprint density at radius 1 is 1.45 bits per heavy atom. The van der Waals surface area contributed by atoms with Crippen molar-refractivity contribution >= 4 is 27.3 Å². The van der Waals surface area contributed by atoms with Gasteiger partial charge in [0.1, 0.15) is 0 Å². The molecule has 1 aliphatic heterocycles. The van der Waals surface area contributed by atoms with E-state index in [-0.39, 0.29) is 10.6 Å². The maximum atomic E-state index is 10.9. The molecular weight excluding hydrogens is 322 g/mol. The van der Waals surface area contributed by atoms with E-state index in [0.29, 0.717) is 11.5 Å². The number of anilines is 1. The number of hydrogen-bond donors (Lipinski definition) is 1. The fourth-order valence-electron chi connectivity index (χ4n) is 2.52. The number of nitrogens with one attached hydrogen (secondary N) is 1. The summed E-state index contributed by atoms with van der Waals surface area (Å²) >= 11 is 3.41. The number of nitro groups is 1. The van der Waals surface area contributed by atoms with Crippen molar-refractivity contribution in [2.75, 3.05) is 32.0 Å². The van der Waals surface area contributed by atoms with Crippen LogP contribution in [0.1, 0.15) is 18.4 Å². The minimum absolute atomic E-state index is 0.154. The Morgan fingerprint density at radius 3 is 2.70 bits per heavy atom. The number of benzene rings is 1. The molecule has 2 rings (SSSR count). The second-order valence-corrected chi connectivity index (χ2v) is 6.36. The van der Waals surface area contributed by atoms with Gasteiger partial charge in [0.05, 0.1) is 4.92 Å². The van der Waals surface area contributed by atoms with E-state index in [9.17, 15) is 10.1 Å². The van der Waals surface area contributed by atoms with Gasteiger partial charge in [0.15, 0.2) is 0 Å². The van der Waals surface area contributed by atoms with Gasteiger partial charge in [-0.05, 0) is 67.8 Å². The molecule has 1 aliphatic rings. The summed E-state index contributed by atoms with van der Waals surface area (Å²) in [4.78, 5) is 12.9. The van der Waals surface area contributed by atoms with Crippen LogP contribution in [-0.2, 0) is 0 Å². The molecule has 1 aromatic carbocycles. The minimum Gasteiger partial charge on any atom is -0.384 e. The number of piperidine rings is 1. The Kier molecular flexibility index (Phi) is 4.99. The largest absolute Gasteiger partial charge is 0.384 e. The van der Waals surface area contributed by atoms with Crippen molar-refractivity contribution in [1.82, 2.24) is 4.90 Å². The molecule has 6 heteroatoms. The first kappa shape index (κ1) is 15.3. The third kappa shape index (κ3) is 3.70. The third-order valence-electron chi connectivity index (χ3n) is 3.90. The third-order valence-corrected chi connectivity index (χ3v) is 4.56. The Bertz CT molecular complexity index is 499. The van der Waals surface area contributed by atoms with E-state index in [4.69, 9.17) is 0 Å². The van der Waals surface area contributed by atoms with Crippen LogP contribution in [0.25, 0.3) is 0 Å². The summed E-state index contributed by atoms with van der Waals surface area (Å²) in [6.07, 6.45) is 2.40. The molecule has 20 heavy (non-hydrogen) atoms. The molecule has 1 aromatic rings. The SMILES string of the molecule is Cc1cc(NCC2CCN(C)CC2)c(Br)cc1[N+](=O)[O-]. The van der Waals surface area contributed by atoms with Crippen molar-refractivity contribution < 1.29 is 4.92 Å². The average molecular weight is 342 g/mol. The van der Waals surface area contributed by atoms with Crippen LogP contribution in [0.2, 0.25) is 0 Å². The zero-order valence-electron chi connectivity index (χ0n) is 11.9. The first-order chi connectivity index (χ1) is 9.47. The van der Waals surface area contributed by atoms with Crippen molar-refractivity contribution in [2.24, 2.45) is 5.92 Å². The van der Waals surface area contributed by atoms with Crippen molar-refractivity contribution in [3.05, 3.63) is 32.3 Å². The molecule has 110 valence electrons. The fourth-order valence-corrected chi connectivity index (χ4v) is 3.00. The van der Waals surface area contributed by atoms with Crippen molar-refractivity contribution in [3.63, 3.8) is 0 Å². The van der Waals surface area contributed by atoms with E-state index in [2.05, 4.69) is 33.2 Å². The molecule has 0 atom stereocenters. The molecule has 0 aliphatic carbocycles. The molecule has 0 radical (unpaired) electrons. The number of nitrogens with zero attached hydrogens (tertiary/aromatic N) is 2. The van der Waals surface area contributed by atoms with E-state index < -0.39 is 0 Å². The highest BCUT2D eigenvalue weighted by Crippen LogP contribution is 2.31. The number of rotatable bonds is 4. The first-order valence-corrected chi connectivity index (χ1v) is 7.63. The van der Waals surface area contributed by atoms with Crippen LogP contribution in [-0.4, -0.2) is 36.5 Å². The van der Waals surface area contributed by atoms with Crippen molar-refractivity contribution in [2.45, 2.75) is 19.8 Å². The number of nitro benzene ring substituents is 1. The lowest BCUT2D eigenvalue weighted by molar-refractivity contribution is -0.385. The zero-order valence-corrected chi connectivity index (χ0v) is 13.4. The lowest BCUT2D eigenvalue weighted by Gasteiger charge is -2.29. The van der Waals surface area contributed by atoms with Gasteiger partial charge in [0.2, 0.25) is 0 Å². The maximum Gasteiger partial charge on any atom is 0.273 e. The van der Waals surface area contributed by atoms with Crippen molar-refractivity contribution in [1.29, 1.82) is 0 Å². The quantitative estimate of drug-likeness (QED) is 0.673. The van der Waals surface area contributed by atoms with Gasteiger partial charge in [-0.2, -0.15) is 0 Å². The Balaban J connectivity index is 1.99.